The topological polar surface area (TPSA) is 66.5 Å². The molecule has 0 aromatic heterocycles. The van der Waals surface area contributed by atoms with Crippen molar-refractivity contribution in [1.29, 1.82) is 0 Å². The van der Waals surface area contributed by atoms with Crippen LogP contribution in [0, 0.1) is 19.8 Å². The molecule has 2 aromatic rings. The second-order valence-electron chi connectivity index (χ2n) is 6.97. The first-order valence-corrected chi connectivity index (χ1v) is 10.7. The summed E-state index contributed by atoms with van der Waals surface area (Å²) in [6.07, 6.45) is 1.31. The van der Waals surface area contributed by atoms with E-state index in [-0.39, 0.29) is 23.3 Å². The molecule has 1 saturated heterocycles. The fraction of sp³-hybridized carbons (Fsp3) is 0.350. The minimum absolute atomic E-state index is 0.152. The smallest absolute Gasteiger partial charge is 0.243 e. The maximum absolute atomic E-state index is 13.0. The molecule has 0 aliphatic carbocycles. The number of carbonyl (C=O) groups is 1. The molecule has 0 bridgehead atoms. The van der Waals surface area contributed by atoms with Crippen molar-refractivity contribution in [2.24, 2.45) is 5.92 Å². The van der Waals surface area contributed by atoms with Gasteiger partial charge in [0, 0.05) is 23.8 Å². The van der Waals surface area contributed by atoms with E-state index in [1.807, 2.05) is 38.1 Å². The van der Waals surface area contributed by atoms with Gasteiger partial charge in [-0.1, -0.05) is 35.4 Å². The number of rotatable bonds is 4. The molecule has 1 aliphatic rings. The highest BCUT2D eigenvalue weighted by Gasteiger charge is 2.33. The maximum atomic E-state index is 13.0. The van der Waals surface area contributed by atoms with Gasteiger partial charge in [0.05, 0.1) is 10.8 Å². The van der Waals surface area contributed by atoms with Crippen molar-refractivity contribution >= 4 is 33.2 Å². The van der Waals surface area contributed by atoms with E-state index in [1.165, 1.54) is 10.4 Å². The van der Waals surface area contributed by atoms with E-state index >= 15 is 0 Å². The molecule has 144 valence electrons. The zero-order chi connectivity index (χ0) is 19.6. The van der Waals surface area contributed by atoms with Gasteiger partial charge in [0.25, 0.3) is 0 Å². The Morgan fingerprint density at radius 3 is 2.52 bits per heavy atom. The van der Waals surface area contributed by atoms with E-state index in [4.69, 9.17) is 11.6 Å². The van der Waals surface area contributed by atoms with Crippen LogP contribution in [0.2, 0.25) is 5.02 Å². The zero-order valence-electron chi connectivity index (χ0n) is 15.4. The van der Waals surface area contributed by atoms with Crippen LogP contribution in [0.15, 0.2) is 47.4 Å². The molecule has 0 saturated carbocycles. The van der Waals surface area contributed by atoms with Crippen LogP contribution in [0.25, 0.3) is 0 Å². The van der Waals surface area contributed by atoms with Gasteiger partial charge in [0.2, 0.25) is 15.9 Å². The normalized spacial score (nSPS) is 18.3. The van der Waals surface area contributed by atoms with E-state index in [0.29, 0.717) is 24.4 Å². The van der Waals surface area contributed by atoms with Crippen LogP contribution in [0.3, 0.4) is 0 Å². The lowest BCUT2D eigenvalue weighted by Gasteiger charge is -2.31. The molecule has 7 heteroatoms. The van der Waals surface area contributed by atoms with Crippen LogP contribution in [-0.2, 0) is 14.8 Å². The first-order chi connectivity index (χ1) is 12.8. The third kappa shape index (κ3) is 4.51. The largest absolute Gasteiger partial charge is 0.326 e. The van der Waals surface area contributed by atoms with Gasteiger partial charge in [-0.25, -0.2) is 8.42 Å². The molecule has 1 atom stereocenters. The summed E-state index contributed by atoms with van der Waals surface area (Å²) in [5, 5.41) is 3.30. The fourth-order valence-electron chi connectivity index (χ4n) is 3.14. The van der Waals surface area contributed by atoms with Gasteiger partial charge in [-0.3, -0.25) is 4.79 Å². The summed E-state index contributed by atoms with van der Waals surface area (Å²) < 4.78 is 27.3. The number of hydrogen-bond donors (Lipinski definition) is 1. The molecule has 1 amide bonds. The maximum Gasteiger partial charge on any atom is 0.243 e. The van der Waals surface area contributed by atoms with Gasteiger partial charge in [0.15, 0.2) is 0 Å². The second-order valence-corrected chi connectivity index (χ2v) is 9.31. The third-order valence-corrected chi connectivity index (χ3v) is 7.12. The first-order valence-electron chi connectivity index (χ1n) is 8.91. The van der Waals surface area contributed by atoms with Crippen molar-refractivity contribution < 1.29 is 13.2 Å². The SMILES string of the molecule is Cc1ccc(NC(=O)[C@@H]2CCCN(S(=O)(=O)c3ccc(C)c(Cl)c3)C2)cc1. The molecule has 1 heterocycles. The standard InChI is InChI=1S/C20H23ClN2O3S/c1-14-5-8-17(9-6-14)22-20(24)16-4-3-11-23(13-16)27(25,26)18-10-7-15(2)19(21)12-18/h5-10,12,16H,3-4,11,13H2,1-2H3,(H,22,24)/t16-/m1/s1. The van der Waals surface area contributed by atoms with Gasteiger partial charge in [-0.05, 0) is 56.5 Å². The Morgan fingerprint density at radius 2 is 1.85 bits per heavy atom. The lowest BCUT2D eigenvalue weighted by Crippen LogP contribution is -2.43. The Bertz CT molecular complexity index is 942. The number of piperidine rings is 1. The van der Waals surface area contributed by atoms with Crippen molar-refractivity contribution in [3.8, 4) is 0 Å². The number of hydrogen-bond acceptors (Lipinski definition) is 3. The molecule has 0 radical (unpaired) electrons. The minimum atomic E-state index is -3.68. The molecule has 5 nitrogen and oxygen atoms in total. The van der Waals surface area contributed by atoms with Crippen molar-refractivity contribution in [1.82, 2.24) is 4.31 Å². The Balaban J connectivity index is 1.73. The molecule has 0 unspecified atom stereocenters. The van der Waals surface area contributed by atoms with E-state index in [9.17, 15) is 13.2 Å². The monoisotopic (exact) mass is 406 g/mol. The average Bonchev–Trinajstić information content (AvgIpc) is 2.66. The summed E-state index contributed by atoms with van der Waals surface area (Å²) in [5.74, 6) is -0.531. The van der Waals surface area contributed by atoms with Crippen LogP contribution in [-0.4, -0.2) is 31.7 Å². The van der Waals surface area contributed by atoms with Crippen LogP contribution in [0.5, 0.6) is 0 Å². The molecule has 3 rings (SSSR count). The summed E-state index contributed by atoms with van der Waals surface area (Å²) in [6, 6.07) is 12.3. The molecular formula is C20H23ClN2O3S. The Hall–Kier alpha value is -1.89. The number of amides is 1. The van der Waals surface area contributed by atoms with Gasteiger partial charge < -0.3 is 5.32 Å². The minimum Gasteiger partial charge on any atom is -0.326 e. The van der Waals surface area contributed by atoms with E-state index in [1.54, 1.807) is 12.1 Å². The summed E-state index contributed by atoms with van der Waals surface area (Å²) in [7, 11) is -3.68. The number of carbonyl (C=O) groups excluding carboxylic acids is 1. The number of anilines is 1. The summed E-state index contributed by atoms with van der Waals surface area (Å²) in [4.78, 5) is 12.8. The average molecular weight is 407 g/mol. The van der Waals surface area contributed by atoms with Crippen LogP contribution >= 0.6 is 11.6 Å². The van der Waals surface area contributed by atoms with E-state index in [0.717, 1.165) is 16.8 Å². The number of sulfonamides is 1. The lowest BCUT2D eigenvalue weighted by molar-refractivity contribution is -0.120. The van der Waals surface area contributed by atoms with Gasteiger partial charge in [-0.2, -0.15) is 4.31 Å². The van der Waals surface area contributed by atoms with Crippen LogP contribution in [0.4, 0.5) is 5.69 Å². The zero-order valence-corrected chi connectivity index (χ0v) is 17.0. The summed E-state index contributed by atoms with van der Waals surface area (Å²) >= 11 is 6.09. The predicted octanol–water partition coefficient (Wildman–Crippen LogP) is 4.00. The Labute approximate surface area is 165 Å². The molecule has 1 N–H and O–H groups in total. The fourth-order valence-corrected chi connectivity index (χ4v) is 4.93. The molecule has 2 aromatic carbocycles. The van der Waals surface area contributed by atoms with Crippen LogP contribution in [0.1, 0.15) is 24.0 Å². The van der Waals surface area contributed by atoms with Crippen molar-refractivity contribution in [3.63, 3.8) is 0 Å². The summed E-state index contributed by atoms with van der Waals surface area (Å²) in [6.45, 7) is 4.38. The number of benzene rings is 2. The quantitative estimate of drug-likeness (QED) is 0.834. The highest BCUT2D eigenvalue weighted by Crippen LogP contribution is 2.27. The van der Waals surface area contributed by atoms with Crippen LogP contribution < -0.4 is 5.32 Å². The van der Waals surface area contributed by atoms with Crippen molar-refractivity contribution in [2.75, 3.05) is 18.4 Å². The van der Waals surface area contributed by atoms with Crippen molar-refractivity contribution in [3.05, 3.63) is 58.6 Å². The first kappa shape index (κ1) is 19.9. The molecule has 27 heavy (non-hydrogen) atoms. The lowest BCUT2D eigenvalue weighted by atomic mass is 9.98. The third-order valence-electron chi connectivity index (χ3n) is 4.86. The van der Waals surface area contributed by atoms with Gasteiger partial charge >= 0.3 is 0 Å². The van der Waals surface area contributed by atoms with E-state index < -0.39 is 10.0 Å². The highest BCUT2D eigenvalue weighted by molar-refractivity contribution is 7.89. The highest BCUT2D eigenvalue weighted by atomic mass is 35.5. The van der Waals surface area contributed by atoms with Crippen molar-refractivity contribution in [2.45, 2.75) is 31.6 Å². The number of aryl methyl sites for hydroxylation is 2. The predicted molar refractivity (Wildman–Crippen MR) is 107 cm³/mol. The summed E-state index contributed by atoms with van der Waals surface area (Å²) in [5.41, 5.74) is 2.65. The molecule has 1 fully saturated rings. The number of halogens is 1. The Morgan fingerprint density at radius 1 is 1.15 bits per heavy atom. The molecular weight excluding hydrogens is 384 g/mol. The molecule has 1 aliphatic heterocycles. The number of nitrogens with zero attached hydrogens (tertiary/aromatic N) is 1. The second kappa shape index (κ2) is 8.00. The Kier molecular flexibility index (Phi) is 5.89. The van der Waals surface area contributed by atoms with E-state index in [2.05, 4.69) is 5.32 Å². The van der Waals surface area contributed by atoms with Gasteiger partial charge in [-0.15, -0.1) is 0 Å². The van der Waals surface area contributed by atoms with Gasteiger partial charge in [0.1, 0.15) is 0 Å². The number of nitrogens with one attached hydrogen (secondary N) is 1. The molecule has 0 spiro atoms.